The number of hydrogen-bond donors (Lipinski definition) is 1. The van der Waals surface area contributed by atoms with Crippen molar-refractivity contribution in [1.29, 1.82) is 0 Å². The number of fused-ring (bicyclic) bond motifs is 1. The molecular weight excluding hydrogens is 443 g/mol. The highest BCUT2D eigenvalue weighted by Gasteiger charge is 2.31. The molecule has 6 nitrogen and oxygen atoms in total. The number of anilines is 2. The lowest BCUT2D eigenvalue weighted by Gasteiger charge is -2.20. The van der Waals surface area contributed by atoms with Crippen molar-refractivity contribution in [2.24, 2.45) is 0 Å². The molecule has 31 heavy (non-hydrogen) atoms. The molecule has 0 saturated carbocycles. The number of carbonyl (C=O) groups excluding carboxylic acids is 1. The molecule has 3 aromatic rings. The van der Waals surface area contributed by atoms with Crippen molar-refractivity contribution in [3.8, 4) is 5.75 Å². The van der Waals surface area contributed by atoms with Crippen LogP contribution in [0, 0.1) is 5.82 Å². The first-order valence-electron chi connectivity index (χ1n) is 9.43. The highest BCUT2D eigenvalue weighted by atomic mass is 35.5. The maximum Gasteiger partial charge on any atom is 0.264 e. The van der Waals surface area contributed by atoms with Gasteiger partial charge in [-0.15, -0.1) is 0 Å². The van der Waals surface area contributed by atoms with E-state index in [9.17, 15) is 17.6 Å². The summed E-state index contributed by atoms with van der Waals surface area (Å²) >= 11 is 6.21. The molecule has 0 aromatic heterocycles. The number of hydrogen-bond acceptors (Lipinski definition) is 4. The first-order valence-corrected chi connectivity index (χ1v) is 11.3. The normalized spacial score (nSPS) is 13.0. The van der Waals surface area contributed by atoms with Crippen LogP contribution in [0.3, 0.4) is 0 Å². The van der Waals surface area contributed by atoms with Gasteiger partial charge in [0.25, 0.3) is 15.9 Å². The van der Waals surface area contributed by atoms with E-state index in [2.05, 4.69) is 5.32 Å². The van der Waals surface area contributed by atoms with Gasteiger partial charge in [0.05, 0.1) is 21.3 Å². The molecule has 0 aliphatic carbocycles. The third-order valence-corrected chi connectivity index (χ3v) is 6.95. The van der Waals surface area contributed by atoms with Crippen LogP contribution in [0.4, 0.5) is 15.8 Å². The summed E-state index contributed by atoms with van der Waals surface area (Å²) in [5.74, 6) is -0.996. The van der Waals surface area contributed by atoms with Gasteiger partial charge in [-0.1, -0.05) is 41.9 Å². The summed E-state index contributed by atoms with van der Waals surface area (Å²) in [5.41, 5.74) is 1.66. The number of carbonyl (C=O) groups is 1. The fourth-order valence-electron chi connectivity index (χ4n) is 3.34. The monoisotopic (exact) mass is 460 g/mol. The Kier molecular flexibility index (Phi) is 5.84. The van der Waals surface area contributed by atoms with Crippen LogP contribution < -0.4 is 14.4 Å². The Morgan fingerprint density at radius 3 is 2.61 bits per heavy atom. The van der Waals surface area contributed by atoms with Crippen LogP contribution in [0.2, 0.25) is 5.02 Å². The molecule has 0 bridgehead atoms. The molecule has 1 aliphatic heterocycles. The van der Waals surface area contributed by atoms with Gasteiger partial charge in [0.1, 0.15) is 11.6 Å². The third kappa shape index (κ3) is 4.35. The van der Waals surface area contributed by atoms with Gasteiger partial charge in [0, 0.05) is 6.54 Å². The second-order valence-corrected chi connectivity index (χ2v) is 9.13. The maximum absolute atomic E-state index is 13.6. The van der Waals surface area contributed by atoms with Crippen molar-refractivity contribution >= 4 is 38.9 Å². The number of nitrogens with one attached hydrogen (secondary N) is 1. The lowest BCUT2D eigenvalue weighted by atomic mass is 10.2. The quantitative estimate of drug-likeness (QED) is 0.596. The summed E-state index contributed by atoms with van der Waals surface area (Å²) in [4.78, 5) is 12.0. The van der Waals surface area contributed by atoms with Crippen LogP contribution in [0.1, 0.15) is 5.56 Å². The van der Waals surface area contributed by atoms with E-state index in [0.717, 1.165) is 5.56 Å². The average Bonchev–Trinajstić information content (AvgIpc) is 3.19. The maximum atomic E-state index is 13.6. The molecule has 1 amide bonds. The molecule has 0 unspecified atom stereocenters. The Morgan fingerprint density at radius 2 is 1.84 bits per heavy atom. The van der Waals surface area contributed by atoms with Gasteiger partial charge in [0.15, 0.2) is 6.61 Å². The fourth-order valence-corrected chi connectivity index (χ4v) is 5.17. The molecule has 1 N–H and O–H groups in total. The highest BCUT2D eigenvalue weighted by molar-refractivity contribution is 7.92. The number of rotatable bonds is 6. The Morgan fingerprint density at radius 1 is 1.10 bits per heavy atom. The van der Waals surface area contributed by atoms with Crippen LogP contribution in [-0.4, -0.2) is 27.5 Å². The smallest absolute Gasteiger partial charge is 0.264 e. The summed E-state index contributed by atoms with van der Waals surface area (Å²) in [6.45, 7) is -0.0621. The van der Waals surface area contributed by atoms with E-state index in [1.165, 1.54) is 40.7 Å². The molecule has 1 aliphatic rings. The van der Waals surface area contributed by atoms with Gasteiger partial charge in [0.2, 0.25) is 0 Å². The molecule has 160 valence electrons. The molecule has 1 heterocycles. The van der Waals surface area contributed by atoms with Gasteiger partial charge in [-0.2, -0.15) is 0 Å². The zero-order valence-corrected chi connectivity index (χ0v) is 17.8. The zero-order chi connectivity index (χ0) is 22.0. The average molecular weight is 461 g/mol. The Hall–Kier alpha value is -3.10. The minimum atomic E-state index is -3.80. The molecule has 0 fully saturated rings. The Bertz CT molecular complexity index is 1250. The molecule has 9 heteroatoms. The van der Waals surface area contributed by atoms with Crippen LogP contribution in [0.25, 0.3) is 0 Å². The lowest BCUT2D eigenvalue weighted by Crippen LogP contribution is -2.29. The number of ether oxygens (including phenoxy) is 1. The van der Waals surface area contributed by atoms with Crippen molar-refractivity contribution in [2.45, 2.75) is 11.3 Å². The van der Waals surface area contributed by atoms with Gasteiger partial charge in [-0.3, -0.25) is 9.10 Å². The van der Waals surface area contributed by atoms with Gasteiger partial charge in [-0.25, -0.2) is 12.8 Å². The SMILES string of the molecule is O=C(COc1ccc(S(=O)(=O)N2CCc3ccccc32)cc1Cl)Nc1ccccc1F. The fraction of sp³-hybridized carbons (Fsp3) is 0.136. The Labute approximate surface area is 184 Å². The van der Waals surface area contributed by atoms with Crippen LogP contribution in [0.15, 0.2) is 71.6 Å². The van der Waals surface area contributed by atoms with E-state index < -0.39 is 28.4 Å². The molecule has 0 atom stereocenters. The number of amides is 1. The number of nitrogens with zero attached hydrogens (tertiary/aromatic N) is 1. The number of halogens is 2. The lowest BCUT2D eigenvalue weighted by molar-refractivity contribution is -0.118. The number of benzene rings is 3. The first-order chi connectivity index (χ1) is 14.9. The van der Waals surface area contributed by atoms with Crippen molar-refractivity contribution in [2.75, 3.05) is 22.8 Å². The van der Waals surface area contributed by atoms with E-state index in [1.54, 1.807) is 18.2 Å². The number of sulfonamides is 1. The minimum absolute atomic E-state index is 0.0253. The van der Waals surface area contributed by atoms with E-state index in [1.807, 2.05) is 12.1 Å². The largest absolute Gasteiger partial charge is 0.482 e. The van der Waals surface area contributed by atoms with Gasteiger partial charge < -0.3 is 10.1 Å². The molecule has 0 spiro atoms. The van der Waals surface area contributed by atoms with E-state index in [4.69, 9.17) is 16.3 Å². The van der Waals surface area contributed by atoms with Crippen LogP contribution in [-0.2, 0) is 21.2 Å². The van der Waals surface area contributed by atoms with Crippen molar-refractivity contribution in [3.63, 3.8) is 0 Å². The standard InChI is InChI=1S/C22H18ClFN2O4S/c23-17-13-16(31(28,29)26-12-11-15-5-1-4-8-20(15)26)9-10-21(17)30-14-22(27)25-19-7-3-2-6-18(19)24/h1-10,13H,11-12,14H2,(H,25,27). The Balaban J connectivity index is 1.46. The predicted octanol–water partition coefficient (Wildman–Crippen LogP) is 4.25. The summed E-state index contributed by atoms with van der Waals surface area (Å²) in [6, 6.07) is 17.2. The van der Waals surface area contributed by atoms with Crippen molar-refractivity contribution in [3.05, 3.63) is 83.1 Å². The van der Waals surface area contributed by atoms with E-state index in [0.29, 0.717) is 18.7 Å². The summed E-state index contributed by atoms with van der Waals surface area (Å²) in [6.07, 6.45) is 0.640. The minimum Gasteiger partial charge on any atom is -0.482 e. The second-order valence-electron chi connectivity index (χ2n) is 6.86. The molecule has 0 radical (unpaired) electrons. The van der Waals surface area contributed by atoms with Crippen molar-refractivity contribution < 1.29 is 22.3 Å². The molecule has 3 aromatic carbocycles. The molecule has 0 saturated heterocycles. The molecule has 4 rings (SSSR count). The van der Waals surface area contributed by atoms with Gasteiger partial charge in [-0.05, 0) is 48.4 Å². The topological polar surface area (TPSA) is 75.7 Å². The summed E-state index contributed by atoms with van der Waals surface area (Å²) in [7, 11) is -3.80. The first kappa shape index (κ1) is 21.1. The predicted molar refractivity (Wildman–Crippen MR) is 117 cm³/mol. The van der Waals surface area contributed by atoms with E-state index in [-0.39, 0.29) is 21.4 Å². The van der Waals surface area contributed by atoms with Crippen LogP contribution >= 0.6 is 11.6 Å². The summed E-state index contributed by atoms with van der Waals surface area (Å²) < 4.78 is 46.5. The van der Waals surface area contributed by atoms with E-state index >= 15 is 0 Å². The number of para-hydroxylation sites is 2. The van der Waals surface area contributed by atoms with Crippen molar-refractivity contribution in [1.82, 2.24) is 0 Å². The second kappa shape index (κ2) is 8.56. The van der Waals surface area contributed by atoms with Gasteiger partial charge >= 0.3 is 0 Å². The molecular formula is C22H18ClFN2O4S. The van der Waals surface area contributed by atoms with Crippen LogP contribution in [0.5, 0.6) is 5.75 Å². The summed E-state index contributed by atoms with van der Waals surface area (Å²) in [5, 5.41) is 2.45. The highest BCUT2D eigenvalue weighted by Crippen LogP contribution is 2.35. The zero-order valence-electron chi connectivity index (χ0n) is 16.2. The third-order valence-electron chi connectivity index (χ3n) is 4.84.